The summed E-state index contributed by atoms with van der Waals surface area (Å²) < 4.78 is 5.91. The molecule has 0 spiro atoms. The first-order chi connectivity index (χ1) is 21.4. The number of β-lactam (4-membered cyclic amide) rings is 1. The number of carbonyl (C=O) groups excluding carboxylic acids is 4. The van der Waals surface area contributed by atoms with Gasteiger partial charge >= 0.3 is 12.1 Å². The Morgan fingerprint density at radius 1 is 1.31 bits per heavy atom. The number of carboxylic acid groups (broad SMARTS) is 1. The number of aromatic nitrogens is 3. The van der Waals surface area contributed by atoms with E-state index in [4.69, 9.17) is 9.57 Å². The van der Waals surface area contributed by atoms with Crippen molar-refractivity contribution in [3.8, 4) is 0 Å². The molecule has 2 unspecified atom stereocenters. The number of hydrogen-bond donors (Lipinski definition) is 4. The molecule has 4 N–H and O–H groups in total. The SMILES string of the molecule is CCC(CNC(=O)OC(C)(C)C)ON=C(C(=O)NC1C(=O)N2C(C(=O)O)=C(CSc3nncs3)CS[C@@H]12)c1csc(NC=O)n1. The smallest absolute Gasteiger partial charge is 0.407 e. The van der Waals surface area contributed by atoms with Crippen LogP contribution < -0.4 is 16.0 Å². The largest absolute Gasteiger partial charge is 0.477 e. The molecule has 3 atom stereocenters. The van der Waals surface area contributed by atoms with Crippen molar-refractivity contribution in [2.24, 2.45) is 5.16 Å². The average molecular weight is 699 g/mol. The number of aliphatic carboxylic acids is 1. The van der Waals surface area contributed by atoms with Crippen molar-refractivity contribution in [2.45, 2.75) is 61.6 Å². The summed E-state index contributed by atoms with van der Waals surface area (Å²) in [4.78, 5) is 72.9. The molecular formula is C25H30N8O8S4. The number of fused-ring (bicyclic) bond motifs is 1. The Bertz CT molecular complexity index is 1490. The van der Waals surface area contributed by atoms with Crippen LogP contribution in [0, 0.1) is 0 Å². The highest BCUT2D eigenvalue weighted by molar-refractivity contribution is 8.01. The lowest BCUT2D eigenvalue weighted by Gasteiger charge is -2.49. The molecule has 4 rings (SSSR count). The van der Waals surface area contributed by atoms with E-state index in [0.29, 0.717) is 34.2 Å². The molecule has 0 aliphatic carbocycles. The molecule has 20 heteroatoms. The molecule has 4 heterocycles. The highest BCUT2D eigenvalue weighted by atomic mass is 32.2. The van der Waals surface area contributed by atoms with Gasteiger partial charge in [0.05, 0.1) is 6.54 Å². The van der Waals surface area contributed by atoms with Gasteiger partial charge < -0.3 is 30.6 Å². The lowest BCUT2D eigenvalue weighted by Crippen LogP contribution is -2.71. The number of thioether (sulfide) groups is 2. The number of carboxylic acids is 1. The number of oxime groups is 1. The van der Waals surface area contributed by atoms with E-state index in [2.05, 4.69) is 36.3 Å². The van der Waals surface area contributed by atoms with Crippen LogP contribution in [0.15, 0.2) is 31.7 Å². The quantitative estimate of drug-likeness (QED) is 0.0732. The molecule has 2 aliphatic rings. The third-order valence-corrected chi connectivity index (χ3v) is 10.1. The third-order valence-electron chi connectivity index (χ3n) is 6.01. The first-order valence-electron chi connectivity index (χ1n) is 13.4. The summed E-state index contributed by atoms with van der Waals surface area (Å²) in [5, 5.41) is 30.3. The Balaban J connectivity index is 1.48. The number of alkyl carbamates (subject to hydrolysis) is 1. The van der Waals surface area contributed by atoms with Gasteiger partial charge in [-0.1, -0.05) is 35.2 Å². The zero-order valence-corrected chi connectivity index (χ0v) is 27.7. The van der Waals surface area contributed by atoms with E-state index in [1.807, 2.05) is 0 Å². The van der Waals surface area contributed by atoms with E-state index >= 15 is 0 Å². The molecule has 0 saturated carbocycles. The fraction of sp³-hybridized carbons (Fsp3) is 0.480. The summed E-state index contributed by atoms with van der Waals surface area (Å²) in [6.45, 7) is 7.01. The molecule has 1 fully saturated rings. The summed E-state index contributed by atoms with van der Waals surface area (Å²) in [6, 6.07) is -1.04. The minimum atomic E-state index is -1.25. The summed E-state index contributed by atoms with van der Waals surface area (Å²) in [6.07, 6.45) is -0.463. The second-order valence-corrected chi connectivity index (χ2v) is 14.4. The van der Waals surface area contributed by atoms with Crippen LogP contribution in [0.5, 0.6) is 0 Å². The van der Waals surface area contributed by atoms with Crippen LogP contribution in [0.2, 0.25) is 0 Å². The molecule has 45 heavy (non-hydrogen) atoms. The van der Waals surface area contributed by atoms with Gasteiger partial charge in [-0.25, -0.2) is 14.6 Å². The standard InChI is InChI=1S/C25H30N8O8S4/c1-5-13(6-26-23(39)40-25(2,3)4)41-32-15(14-9-43-22(29-14)27-10-34)18(35)30-16-19(36)33-17(21(37)38)12(7-42-20(16)33)8-44-24-31-28-11-45-24/h9-11,13,16,20H,5-8H2,1-4H3,(H,26,39)(H,30,35)(H,37,38)(H,27,29,34)/t13?,16?,20-/m0/s1. The van der Waals surface area contributed by atoms with Crippen LogP contribution in [0.3, 0.4) is 0 Å². The third kappa shape index (κ3) is 8.70. The number of hydrogen-bond acceptors (Lipinski definition) is 15. The van der Waals surface area contributed by atoms with Gasteiger partial charge in [0.15, 0.2) is 15.2 Å². The maximum absolute atomic E-state index is 13.5. The monoisotopic (exact) mass is 698 g/mol. The van der Waals surface area contributed by atoms with Crippen molar-refractivity contribution in [3.63, 3.8) is 0 Å². The normalized spacial score (nSPS) is 18.8. The van der Waals surface area contributed by atoms with Gasteiger partial charge in [0.2, 0.25) is 6.41 Å². The van der Waals surface area contributed by atoms with Crippen LogP contribution >= 0.6 is 46.2 Å². The summed E-state index contributed by atoms with van der Waals surface area (Å²) in [5.74, 6) is -2.00. The fourth-order valence-corrected chi connectivity index (χ4v) is 7.61. The molecule has 2 aliphatic heterocycles. The van der Waals surface area contributed by atoms with E-state index in [1.165, 1.54) is 45.1 Å². The van der Waals surface area contributed by atoms with Gasteiger partial charge in [0.1, 0.15) is 40.0 Å². The fourth-order valence-electron chi connectivity index (χ4n) is 3.98. The van der Waals surface area contributed by atoms with E-state index in [9.17, 15) is 29.1 Å². The first-order valence-corrected chi connectivity index (χ1v) is 17.2. The van der Waals surface area contributed by atoms with Gasteiger partial charge in [0.25, 0.3) is 11.8 Å². The van der Waals surface area contributed by atoms with Crippen LogP contribution in [0.1, 0.15) is 39.8 Å². The number of amides is 4. The van der Waals surface area contributed by atoms with Gasteiger partial charge in [-0.3, -0.25) is 19.3 Å². The number of carbonyl (C=O) groups is 5. The van der Waals surface area contributed by atoms with Gasteiger partial charge in [0, 0.05) is 16.9 Å². The molecule has 0 aromatic carbocycles. The van der Waals surface area contributed by atoms with E-state index < -0.39 is 47.0 Å². The average Bonchev–Trinajstić information content (AvgIpc) is 3.67. The van der Waals surface area contributed by atoms with Crippen LogP contribution in [-0.4, -0.2) is 102 Å². The Morgan fingerprint density at radius 3 is 2.73 bits per heavy atom. The number of rotatable bonds is 14. The second-order valence-electron chi connectivity index (χ2n) is 10.4. The lowest BCUT2D eigenvalue weighted by atomic mass is 10.0. The molecule has 16 nitrogen and oxygen atoms in total. The minimum Gasteiger partial charge on any atom is -0.477 e. The van der Waals surface area contributed by atoms with Crippen LogP contribution in [-0.2, 0) is 28.8 Å². The second kappa shape index (κ2) is 15.0. The van der Waals surface area contributed by atoms with Crippen molar-refractivity contribution in [1.82, 2.24) is 30.7 Å². The van der Waals surface area contributed by atoms with Crippen molar-refractivity contribution in [1.29, 1.82) is 0 Å². The molecule has 0 radical (unpaired) electrons. The Labute approximate surface area is 273 Å². The lowest BCUT2D eigenvalue weighted by molar-refractivity contribution is -0.150. The molecular weight excluding hydrogens is 669 g/mol. The van der Waals surface area contributed by atoms with Gasteiger partial charge in [-0.2, -0.15) is 0 Å². The van der Waals surface area contributed by atoms with Crippen molar-refractivity contribution in [3.05, 3.63) is 27.9 Å². The Hall–Kier alpha value is -3.75. The van der Waals surface area contributed by atoms with Crippen molar-refractivity contribution in [2.75, 3.05) is 23.4 Å². The Morgan fingerprint density at radius 2 is 2.09 bits per heavy atom. The Kier molecular flexibility index (Phi) is 11.4. The topological polar surface area (TPSA) is 214 Å². The maximum Gasteiger partial charge on any atom is 0.407 e. The maximum atomic E-state index is 13.5. The summed E-state index contributed by atoms with van der Waals surface area (Å²) in [5.41, 5.74) is 1.11. The van der Waals surface area contributed by atoms with Gasteiger partial charge in [-0.15, -0.1) is 33.3 Å². The van der Waals surface area contributed by atoms with Crippen LogP contribution in [0.25, 0.3) is 0 Å². The zero-order valence-electron chi connectivity index (χ0n) is 24.5. The molecule has 0 bridgehead atoms. The van der Waals surface area contributed by atoms with Gasteiger partial charge in [-0.05, 0) is 32.8 Å². The predicted molar refractivity (Wildman–Crippen MR) is 168 cm³/mol. The molecule has 4 amide bonds. The zero-order chi connectivity index (χ0) is 32.7. The number of ether oxygens (including phenoxy) is 1. The molecule has 2 aromatic rings. The van der Waals surface area contributed by atoms with Crippen molar-refractivity contribution >= 4 is 87.3 Å². The number of thiazole rings is 1. The number of nitrogens with one attached hydrogen (secondary N) is 3. The molecule has 1 saturated heterocycles. The van der Waals surface area contributed by atoms with E-state index in [0.717, 1.165) is 11.3 Å². The molecule has 242 valence electrons. The minimum absolute atomic E-state index is 0.0254. The highest BCUT2D eigenvalue weighted by Gasteiger charge is 2.54. The van der Waals surface area contributed by atoms with Crippen molar-refractivity contribution < 1.29 is 38.7 Å². The molecule has 2 aromatic heterocycles. The number of nitrogens with zero attached hydrogens (tertiary/aromatic N) is 5. The van der Waals surface area contributed by atoms with E-state index in [-0.39, 0.29) is 28.8 Å². The van der Waals surface area contributed by atoms with Crippen LogP contribution in [0.4, 0.5) is 9.93 Å². The predicted octanol–water partition coefficient (Wildman–Crippen LogP) is 2.12. The first kappa shape index (κ1) is 34.1. The summed E-state index contributed by atoms with van der Waals surface area (Å²) >= 11 is 5.02. The number of anilines is 1. The highest BCUT2D eigenvalue weighted by Crippen LogP contribution is 2.41. The van der Waals surface area contributed by atoms with E-state index in [1.54, 1.807) is 33.2 Å². The summed E-state index contributed by atoms with van der Waals surface area (Å²) in [7, 11) is 0.